The van der Waals surface area contributed by atoms with E-state index in [1.54, 1.807) is 6.26 Å². The molecule has 0 unspecified atom stereocenters. The van der Waals surface area contributed by atoms with Crippen molar-refractivity contribution in [3.63, 3.8) is 0 Å². The molecule has 90 valence electrons. The molecule has 0 fully saturated rings. The van der Waals surface area contributed by atoms with E-state index < -0.39 is 0 Å². The van der Waals surface area contributed by atoms with Gasteiger partial charge in [-0.1, -0.05) is 56.3 Å². The summed E-state index contributed by atoms with van der Waals surface area (Å²) in [6, 6.07) is 14.6. The Morgan fingerprint density at radius 3 is 2.56 bits per heavy atom. The minimum absolute atomic E-state index is 0.314. The lowest BCUT2D eigenvalue weighted by atomic mass is 10.0. The summed E-state index contributed by atoms with van der Waals surface area (Å²) in [5.74, 6) is 1.10. The van der Waals surface area contributed by atoms with Gasteiger partial charge in [0.05, 0.1) is 0 Å². The molecule has 3 rings (SSSR count). The molecule has 18 heavy (non-hydrogen) atoms. The fourth-order valence-electron chi connectivity index (χ4n) is 2.13. The second-order valence-corrected chi connectivity index (χ2v) is 4.75. The van der Waals surface area contributed by atoms with Crippen LogP contribution in [-0.4, -0.2) is 4.98 Å². The summed E-state index contributed by atoms with van der Waals surface area (Å²) in [5, 5.41) is 2.44. The first-order valence-corrected chi connectivity index (χ1v) is 6.19. The quantitative estimate of drug-likeness (QED) is 0.650. The zero-order chi connectivity index (χ0) is 12.5. The van der Waals surface area contributed by atoms with Gasteiger partial charge in [0.25, 0.3) is 0 Å². The molecule has 0 aliphatic carbocycles. The number of rotatable bonds is 2. The lowest BCUT2D eigenvalue weighted by Gasteiger charge is -2.02. The summed E-state index contributed by atoms with van der Waals surface area (Å²) < 4.78 is 5.52. The van der Waals surface area contributed by atoms with Gasteiger partial charge in [0.1, 0.15) is 12.0 Å². The van der Waals surface area contributed by atoms with Crippen molar-refractivity contribution >= 4 is 10.8 Å². The van der Waals surface area contributed by atoms with Crippen LogP contribution in [0.5, 0.6) is 0 Å². The Hall–Kier alpha value is -2.09. The normalized spacial score (nSPS) is 11.3. The van der Waals surface area contributed by atoms with E-state index in [1.165, 1.54) is 10.8 Å². The molecule has 2 heteroatoms. The van der Waals surface area contributed by atoms with E-state index in [0.29, 0.717) is 5.92 Å². The first kappa shape index (κ1) is 11.0. The highest BCUT2D eigenvalue weighted by molar-refractivity contribution is 5.95. The molecule has 2 aromatic carbocycles. The SMILES string of the molecule is CC(C)c1nc(-c2cccc3ccccc23)co1. The van der Waals surface area contributed by atoms with Gasteiger partial charge in [-0.05, 0) is 10.8 Å². The van der Waals surface area contributed by atoms with Crippen molar-refractivity contribution in [3.05, 3.63) is 54.6 Å². The maximum Gasteiger partial charge on any atom is 0.197 e. The summed E-state index contributed by atoms with van der Waals surface area (Å²) in [7, 11) is 0. The number of hydrogen-bond acceptors (Lipinski definition) is 2. The molecule has 0 saturated carbocycles. The third kappa shape index (κ3) is 1.80. The zero-order valence-corrected chi connectivity index (χ0v) is 10.6. The average molecular weight is 237 g/mol. The van der Waals surface area contributed by atoms with Crippen molar-refractivity contribution in [3.8, 4) is 11.3 Å². The van der Waals surface area contributed by atoms with E-state index in [9.17, 15) is 0 Å². The van der Waals surface area contributed by atoms with E-state index in [-0.39, 0.29) is 0 Å². The molecule has 0 saturated heterocycles. The van der Waals surface area contributed by atoms with E-state index in [0.717, 1.165) is 17.1 Å². The molecule has 0 spiro atoms. The van der Waals surface area contributed by atoms with Crippen LogP contribution in [0.1, 0.15) is 25.7 Å². The predicted molar refractivity (Wildman–Crippen MR) is 73.5 cm³/mol. The summed E-state index contributed by atoms with van der Waals surface area (Å²) >= 11 is 0. The third-order valence-corrected chi connectivity index (χ3v) is 3.08. The smallest absolute Gasteiger partial charge is 0.197 e. The lowest BCUT2D eigenvalue weighted by molar-refractivity contribution is 0.471. The summed E-state index contributed by atoms with van der Waals surface area (Å²) in [6.07, 6.45) is 1.75. The fraction of sp³-hybridized carbons (Fsp3) is 0.188. The second kappa shape index (κ2) is 4.30. The topological polar surface area (TPSA) is 26.0 Å². The van der Waals surface area contributed by atoms with Gasteiger partial charge in [0.2, 0.25) is 0 Å². The van der Waals surface area contributed by atoms with Crippen molar-refractivity contribution < 1.29 is 4.42 Å². The first-order valence-electron chi connectivity index (χ1n) is 6.19. The Morgan fingerprint density at radius 2 is 1.78 bits per heavy atom. The minimum atomic E-state index is 0.314. The monoisotopic (exact) mass is 237 g/mol. The fourth-order valence-corrected chi connectivity index (χ4v) is 2.13. The Bertz CT molecular complexity index is 677. The van der Waals surface area contributed by atoms with E-state index >= 15 is 0 Å². The molecule has 1 heterocycles. The highest BCUT2D eigenvalue weighted by Crippen LogP contribution is 2.29. The summed E-state index contributed by atoms with van der Waals surface area (Å²) in [4.78, 5) is 4.56. The molecule has 0 aliphatic rings. The highest BCUT2D eigenvalue weighted by atomic mass is 16.3. The van der Waals surface area contributed by atoms with Crippen LogP contribution in [0.15, 0.2) is 53.1 Å². The Morgan fingerprint density at radius 1 is 1.00 bits per heavy atom. The number of benzene rings is 2. The number of hydrogen-bond donors (Lipinski definition) is 0. The van der Waals surface area contributed by atoms with E-state index in [2.05, 4.69) is 61.3 Å². The molecule has 3 aromatic rings. The van der Waals surface area contributed by atoms with Gasteiger partial charge >= 0.3 is 0 Å². The molecular weight excluding hydrogens is 222 g/mol. The van der Waals surface area contributed by atoms with Gasteiger partial charge in [-0.15, -0.1) is 0 Å². The van der Waals surface area contributed by atoms with Crippen LogP contribution in [0, 0.1) is 0 Å². The number of fused-ring (bicyclic) bond motifs is 1. The zero-order valence-electron chi connectivity index (χ0n) is 10.6. The van der Waals surface area contributed by atoms with Crippen LogP contribution in [0.4, 0.5) is 0 Å². The lowest BCUT2D eigenvalue weighted by Crippen LogP contribution is -1.87. The molecule has 0 amide bonds. The molecule has 1 aromatic heterocycles. The van der Waals surface area contributed by atoms with Crippen LogP contribution < -0.4 is 0 Å². The number of aromatic nitrogens is 1. The Balaban J connectivity index is 2.18. The molecule has 2 nitrogen and oxygen atoms in total. The molecule has 0 radical (unpaired) electrons. The maximum atomic E-state index is 5.52. The molecule has 0 N–H and O–H groups in total. The maximum absolute atomic E-state index is 5.52. The van der Waals surface area contributed by atoms with E-state index in [1.807, 2.05) is 0 Å². The minimum Gasteiger partial charge on any atom is -0.448 e. The van der Waals surface area contributed by atoms with Crippen molar-refractivity contribution in [2.45, 2.75) is 19.8 Å². The Kier molecular flexibility index (Phi) is 2.63. The second-order valence-electron chi connectivity index (χ2n) is 4.75. The van der Waals surface area contributed by atoms with Crippen molar-refractivity contribution in [1.82, 2.24) is 4.98 Å². The number of oxazole rings is 1. The van der Waals surface area contributed by atoms with Crippen LogP contribution in [0.2, 0.25) is 0 Å². The van der Waals surface area contributed by atoms with Gasteiger partial charge < -0.3 is 4.42 Å². The van der Waals surface area contributed by atoms with Crippen LogP contribution >= 0.6 is 0 Å². The highest BCUT2D eigenvalue weighted by Gasteiger charge is 2.11. The summed E-state index contributed by atoms with van der Waals surface area (Å²) in [6.45, 7) is 4.16. The van der Waals surface area contributed by atoms with Gasteiger partial charge in [-0.2, -0.15) is 0 Å². The van der Waals surface area contributed by atoms with Gasteiger partial charge in [0.15, 0.2) is 5.89 Å². The van der Waals surface area contributed by atoms with Gasteiger partial charge in [-0.25, -0.2) is 4.98 Å². The Labute approximate surface area is 106 Å². The summed E-state index contributed by atoms with van der Waals surface area (Å²) in [5.41, 5.74) is 2.04. The largest absolute Gasteiger partial charge is 0.448 e. The molecule has 0 aliphatic heterocycles. The van der Waals surface area contributed by atoms with Crippen molar-refractivity contribution in [1.29, 1.82) is 0 Å². The van der Waals surface area contributed by atoms with Gasteiger partial charge in [0, 0.05) is 11.5 Å². The van der Waals surface area contributed by atoms with Crippen molar-refractivity contribution in [2.24, 2.45) is 0 Å². The molecule has 0 bridgehead atoms. The standard InChI is InChI=1S/C16H15NO/c1-11(2)16-17-15(10-18-16)14-9-5-7-12-6-3-4-8-13(12)14/h3-11H,1-2H3. The molecular formula is C16H15NO. The van der Waals surface area contributed by atoms with E-state index in [4.69, 9.17) is 4.42 Å². The van der Waals surface area contributed by atoms with Crippen LogP contribution in [0.25, 0.3) is 22.0 Å². The van der Waals surface area contributed by atoms with Crippen molar-refractivity contribution in [2.75, 3.05) is 0 Å². The average Bonchev–Trinajstić information content (AvgIpc) is 2.87. The third-order valence-electron chi connectivity index (χ3n) is 3.08. The predicted octanol–water partition coefficient (Wildman–Crippen LogP) is 4.62. The first-order chi connectivity index (χ1) is 8.75. The van der Waals surface area contributed by atoms with Crippen LogP contribution in [0.3, 0.4) is 0 Å². The van der Waals surface area contributed by atoms with Gasteiger partial charge in [-0.3, -0.25) is 0 Å². The van der Waals surface area contributed by atoms with Crippen LogP contribution in [-0.2, 0) is 0 Å². The number of nitrogens with zero attached hydrogens (tertiary/aromatic N) is 1. The molecule has 0 atom stereocenters.